The topological polar surface area (TPSA) is 29.1 Å². The molecule has 0 bridgehead atoms. The van der Waals surface area contributed by atoms with Crippen LogP contribution in [-0.2, 0) is 0 Å². The van der Waals surface area contributed by atoms with Crippen molar-refractivity contribution in [1.82, 2.24) is 5.32 Å². The highest BCUT2D eigenvalue weighted by Gasteiger charge is 2.33. The molecule has 0 aliphatic heterocycles. The standard InChI is InChI=1S/C12H15Cl2NOS/c13-8-12(6-2-1-3-7-12)15-11(16)9-4-5-10(14)17-9/h4-5H,1-3,6-8H2,(H,15,16). The Morgan fingerprint density at radius 3 is 2.59 bits per heavy atom. The van der Waals surface area contributed by atoms with Crippen LogP contribution in [0.2, 0.25) is 4.34 Å². The third-order valence-electron chi connectivity index (χ3n) is 3.24. The molecule has 1 saturated carbocycles. The Kier molecular flexibility index (Phi) is 4.34. The van der Waals surface area contributed by atoms with Crippen molar-refractivity contribution >= 4 is 40.4 Å². The lowest BCUT2D eigenvalue weighted by molar-refractivity contribution is 0.0889. The smallest absolute Gasteiger partial charge is 0.261 e. The molecular formula is C12H15Cl2NOS. The van der Waals surface area contributed by atoms with Crippen LogP contribution in [-0.4, -0.2) is 17.3 Å². The average molecular weight is 292 g/mol. The zero-order valence-electron chi connectivity index (χ0n) is 9.47. The molecular weight excluding hydrogens is 277 g/mol. The quantitative estimate of drug-likeness (QED) is 0.836. The summed E-state index contributed by atoms with van der Waals surface area (Å²) < 4.78 is 0.638. The first kappa shape index (κ1) is 13.2. The zero-order chi connectivity index (χ0) is 12.3. The van der Waals surface area contributed by atoms with E-state index in [4.69, 9.17) is 23.2 Å². The molecule has 0 radical (unpaired) electrons. The Balaban J connectivity index is 2.05. The normalized spacial score (nSPS) is 18.9. The minimum absolute atomic E-state index is 0.0514. The van der Waals surface area contributed by atoms with E-state index in [0.717, 1.165) is 25.7 Å². The summed E-state index contributed by atoms with van der Waals surface area (Å²) >= 11 is 13.2. The van der Waals surface area contributed by atoms with E-state index in [1.54, 1.807) is 12.1 Å². The van der Waals surface area contributed by atoms with Crippen LogP contribution in [0.4, 0.5) is 0 Å². The van der Waals surface area contributed by atoms with E-state index in [9.17, 15) is 4.79 Å². The molecule has 0 saturated heterocycles. The summed E-state index contributed by atoms with van der Waals surface area (Å²) in [5.74, 6) is 0.433. The molecule has 1 aliphatic rings. The molecule has 1 N–H and O–H groups in total. The summed E-state index contributed by atoms with van der Waals surface area (Å²) in [5.41, 5.74) is -0.215. The molecule has 5 heteroatoms. The summed E-state index contributed by atoms with van der Waals surface area (Å²) in [4.78, 5) is 12.7. The minimum atomic E-state index is -0.215. The van der Waals surface area contributed by atoms with E-state index in [2.05, 4.69) is 5.32 Å². The number of halogens is 2. The van der Waals surface area contributed by atoms with Gasteiger partial charge in [0.25, 0.3) is 5.91 Å². The van der Waals surface area contributed by atoms with Gasteiger partial charge in [-0.1, -0.05) is 30.9 Å². The SMILES string of the molecule is O=C(NC1(CCl)CCCCC1)c1ccc(Cl)s1. The minimum Gasteiger partial charge on any atom is -0.345 e. The van der Waals surface area contributed by atoms with Crippen molar-refractivity contribution in [3.63, 3.8) is 0 Å². The molecule has 1 amide bonds. The Labute approximate surface area is 115 Å². The largest absolute Gasteiger partial charge is 0.345 e. The number of nitrogens with one attached hydrogen (secondary N) is 1. The number of hydrogen-bond acceptors (Lipinski definition) is 2. The number of hydrogen-bond donors (Lipinski definition) is 1. The van der Waals surface area contributed by atoms with Crippen LogP contribution >= 0.6 is 34.5 Å². The molecule has 94 valence electrons. The molecule has 1 fully saturated rings. The van der Waals surface area contributed by atoms with Crippen molar-refractivity contribution < 1.29 is 4.79 Å². The first-order chi connectivity index (χ1) is 8.15. The molecule has 2 rings (SSSR count). The van der Waals surface area contributed by atoms with Crippen LogP contribution in [0.1, 0.15) is 41.8 Å². The van der Waals surface area contributed by atoms with Crippen molar-refractivity contribution in [2.75, 3.05) is 5.88 Å². The first-order valence-corrected chi connectivity index (χ1v) is 7.52. The third kappa shape index (κ3) is 3.15. The van der Waals surface area contributed by atoms with Crippen LogP contribution in [0.25, 0.3) is 0 Å². The van der Waals surface area contributed by atoms with E-state index in [-0.39, 0.29) is 11.4 Å². The molecule has 0 spiro atoms. The zero-order valence-corrected chi connectivity index (χ0v) is 11.8. The second-order valence-corrected chi connectivity index (χ2v) is 6.51. The van der Waals surface area contributed by atoms with Gasteiger partial charge in [-0.15, -0.1) is 22.9 Å². The molecule has 1 aromatic rings. The van der Waals surface area contributed by atoms with Crippen molar-refractivity contribution in [2.45, 2.75) is 37.6 Å². The first-order valence-electron chi connectivity index (χ1n) is 5.79. The van der Waals surface area contributed by atoms with Gasteiger partial charge in [-0.2, -0.15) is 0 Å². The van der Waals surface area contributed by atoms with Gasteiger partial charge in [0.2, 0.25) is 0 Å². The maximum absolute atomic E-state index is 12.1. The van der Waals surface area contributed by atoms with E-state index in [1.165, 1.54) is 17.8 Å². The fourth-order valence-corrected chi connectivity index (χ4v) is 3.53. The van der Waals surface area contributed by atoms with Crippen molar-refractivity contribution in [3.05, 3.63) is 21.3 Å². The molecule has 0 unspecified atom stereocenters. The molecule has 0 atom stereocenters. The molecule has 1 aliphatic carbocycles. The van der Waals surface area contributed by atoms with Gasteiger partial charge in [-0.05, 0) is 25.0 Å². The van der Waals surface area contributed by atoms with Crippen LogP contribution < -0.4 is 5.32 Å². The van der Waals surface area contributed by atoms with Crippen LogP contribution in [0, 0.1) is 0 Å². The molecule has 2 nitrogen and oxygen atoms in total. The number of rotatable bonds is 3. The number of carbonyl (C=O) groups is 1. The van der Waals surface area contributed by atoms with E-state index < -0.39 is 0 Å². The lowest BCUT2D eigenvalue weighted by Gasteiger charge is -2.36. The fourth-order valence-electron chi connectivity index (χ4n) is 2.26. The van der Waals surface area contributed by atoms with Gasteiger partial charge < -0.3 is 5.32 Å². The van der Waals surface area contributed by atoms with Crippen LogP contribution in [0.5, 0.6) is 0 Å². The highest BCUT2D eigenvalue weighted by atomic mass is 35.5. The van der Waals surface area contributed by atoms with Gasteiger partial charge in [0.1, 0.15) is 0 Å². The number of thiophene rings is 1. The highest BCUT2D eigenvalue weighted by molar-refractivity contribution is 7.18. The summed E-state index contributed by atoms with van der Waals surface area (Å²) in [5, 5.41) is 3.09. The maximum atomic E-state index is 12.1. The second kappa shape index (κ2) is 5.59. The average Bonchev–Trinajstić information content (AvgIpc) is 2.77. The lowest BCUT2D eigenvalue weighted by Crippen LogP contribution is -2.51. The summed E-state index contributed by atoms with van der Waals surface area (Å²) in [6.07, 6.45) is 5.46. The second-order valence-electron chi connectivity index (χ2n) is 4.53. The van der Waals surface area contributed by atoms with Gasteiger partial charge >= 0.3 is 0 Å². The summed E-state index contributed by atoms with van der Waals surface area (Å²) in [6, 6.07) is 3.50. The molecule has 0 aromatic carbocycles. The van der Waals surface area contributed by atoms with E-state index in [1.807, 2.05) is 0 Å². The Morgan fingerprint density at radius 1 is 1.35 bits per heavy atom. The van der Waals surface area contributed by atoms with Crippen molar-refractivity contribution in [3.8, 4) is 0 Å². The Morgan fingerprint density at radius 2 is 2.06 bits per heavy atom. The van der Waals surface area contributed by atoms with Gasteiger partial charge in [-0.25, -0.2) is 0 Å². The Hall–Kier alpha value is -0.250. The monoisotopic (exact) mass is 291 g/mol. The van der Waals surface area contributed by atoms with Gasteiger partial charge in [0, 0.05) is 5.88 Å². The summed E-state index contributed by atoms with van der Waals surface area (Å²) in [7, 11) is 0. The predicted molar refractivity (Wildman–Crippen MR) is 73.3 cm³/mol. The Bertz CT molecular complexity index is 399. The molecule has 1 heterocycles. The number of amides is 1. The third-order valence-corrected chi connectivity index (χ3v) is 4.98. The van der Waals surface area contributed by atoms with Crippen LogP contribution in [0.15, 0.2) is 12.1 Å². The van der Waals surface area contributed by atoms with Crippen molar-refractivity contribution in [2.24, 2.45) is 0 Å². The lowest BCUT2D eigenvalue weighted by atomic mass is 9.83. The van der Waals surface area contributed by atoms with E-state index >= 15 is 0 Å². The van der Waals surface area contributed by atoms with Gasteiger partial charge in [-0.3, -0.25) is 4.79 Å². The summed E-state index contributed by atoms with van der Waals surface area (Å²) in [6.45, 7) is 0. The predicted octanol–water partition coefficient (Wildman–Crippen LogP) is 4.07. The maximum Gasteiger partial charge on any atom is 0.261 e. The van der Waals surface area contributed by atoms with Crippen LogP contribution in [0.3, 0.4) is 0 Å². The van der Waals surface area contributed by atoms with Crippen molar-refractivity contribution in [1.29, 1.82) is 0 Å². The van der Waals surface area contributed by atoms with E-state index in [0.29, 0.717) is 15.1 Å². The fraction of sp³-hybridized carbons (Fsp3) is 0.583. The highest BCUT2D eigenvalue weighted by Crippen LogP contribution is 2.30. The molecule has 17 heavy (non-hydrogen) atoms. The number of carbonyl (C=O) groups excluding carboxylic acids is 1. The van der Waals surface area contributed by atoms with Gasteiger partial charge in [0.05, 0.1) is 14.8 Å². The molecule has 1 aromatic heterocycles. The number of alkyl halides is 1. The van der Waals surface area contributed by atoms with Gasteiger partial charge in [0.15, 0.2) is 0 Å².